The number of para-hydroxylation sites is 2. The number of methoxy groups -OCH3 is 1. The molecule has 3 heteroatoms. The fraction of sp³-hybridized carbons (Fsp3) is 0.267. The third-order valence-electron chi connectivity index (χ3n) is 2.28. The van der Waals surface area contributed by atoms with Crippen molar-refractivity contribution < 1.29 is 4.74 Å². The number of aromatic nitrogens is 1. The van der Waals surface area contributed by atoms with Crippen LogP contribution in [0.25, 0.3) is 0 Å². The van der Waals surface area contributed by atoms with Gasteiger partial charge in [0, 0.05) is 6.20 Å². The summed E-state index contributed by atoms with van der Waals surface area (Å²) in [5.74, 6) is 1.62. The molecule has 0 aliphatic carbocycles. The molecule has 0 radical (unpaired) electrons. The molecular weight excluding hydrogens is 224 g/mol. The Labute approximate surface area is 109 Å². The normalized spacial score (nSPS) is 9.11. The molecule has 0 amide bonds. The first-order valence-electron chi connectivity index (χ1n) is 6.12. The molecule has 1 aromatic heterocycles. The maximum atomic E-state index is 5.25. The maximum absolute atomic E-state index is 5.25. The molecule has 2 aromatic rings. The third-order valence-corrected chi connectivity index (χ3v) is 2.28. The molecule has 0 saturated heterocycles. The Bertz CT molecular complexity index is 466. The van der Waals surface area contributed by atoms with E-state index in [0.29, 0.717) is 0 Å². The SMILES string of the molecule is CC.COc1ccccc1Nc1ccc(C)cn1. The summed E-state index contributed by atoms with van der Waals surface area (Å²) in [7, 11) is 1.66. The van der Waals surface area contributed by atoms with Crippen LogP contribution in [0.15, 0.2) is 42.6 Å². The standard InChI is InChI=1S/C13H14N2O.C2H6/c1-10-7-8-13(14-9-10)15-11-5-3-4-6-12(11)16-2;1-2/h3-9H,1-2H3,(H,14,15);1-2H3. The minimum atomic E-state index is 0.810. The zero-order valence-electron chi connectivity index (χ0n) is 11.4. The number of anilines is 2. The van der Waals surface area contributed by atoms with E-state index in [1.807, 2.05) is 63.4 Å². The molecule has 0 unspecified atom stereocenters. The summed E-state index contributed by atoms with van der Waals surface area (Å²) < 4.78 is 5.25. The smallest absolute Gasteiger partial charge is 0.142 e. The van der Waals surface area contributed by atoms with Crippen molar-refractivity contribution >= 4 is 11.5 Å². The van der Waals surface area contributed by atoms with Gasteiger partial charge in [0.15, 0.2) is 0 Å². The van der Waals surface area contributed by atoms with Crippen molar-refractivity contribution in [1.82, 2.24) is 4.98 Å². The first-order valence-corrected chi connectivity index (χ1v) is 6.12. The van der Waals surface area contributed by atoms with Crippen LogP contribution in [0, 0.1) is 6.92 Å². The van der Waals surface area contributed by atoms with Gasteiger partial charge in [0.25, 0.3) is 0 Å². The molecule has 0 atom stereocenters. The summed E-state index contributed by atoms with van der Waals surface area (Å²) in [5, 5.41) is 3.21. The summed E-state index contributed by atoms with van der Waals surface area (Å²) in [4.78, 5) is 4.28. The number of hydrogen-bond donors (Lipinski definition) is 1. The monoisotopic (exact) mass is 244 g/mol. The molecule has 0 bridgehead atoms. The molecule has 0 aliphatic heterocycles. The van der Waals surface area contributed by atoms with Gasteiger partial charge in [-0.2, -0.15) is 0 Å². The second-order valence-electron chi connectivity index (χ2n) is 3.55. The second-order valence-corrected chi connectivity index (χ2v) is 3.55. The van der Waals surface area contributed by atoms with Gasteiger partial charge in [0.2, 0.25) is 0 Å². The number of nitrogens with one attached hydrogen (secondary N) is 1. The van der Waals surface area contributed by atoms with Gasteiger partial charge in [-0.05, 0) is 30.7 Å². The van der Waals surface area contributed by atoms with Gasteiger partial charge in [0.05, 0.1) is 12.8 Å². The van der Waals surface area contributed by atoms with Gasteiger partial charge >= 0.3 is 0 Å². The minimum Gasteiger partial charge on any atom is -0.495 e. The highest BCUT2D eigenvalue weighted by Crippen LogP contribution is 2.25. The highest BCUT2D eigenvalue weighted by atomic mass is 16.5. The van der Waals surface area contributed by atoms with Crippen LogP contribution < -0.4 is 10.1 Å². The molecule has 0 saturated carbocycles. The van der Waals surface area contributed by atoms with Crippen LogP contribution in [0.1, 0.15) is 19.4 Å². The second kappa shape index (κ2) is 7.33. The van der Waals surface area contributed by atoms with E-state index in [1.54, 1.807) is 7.11 Å². The zero-order chi connectivity index (χ0) is 13.4. The van der Waals surface area contributed by atoms with Crippen molar-refractivity contribution in [2.45, 2.75) is 20.8 Å². The third kappa shape index (κ3) is 3.77. The number of benzene rings is 1. The van der Waals surface area contributed by atoms with Gasteiger partial charge in [-0.1, -0.05) is 32.0 Å². The number of nitrogens with zero attached hydrogens (tertiary/aromatic N) is 1. The number of hydrogen-bond acceptors (Lipinski definition) is 3. The summed E-state index contributed by atoms with van der Waals surface area (Å²) >= 11 is 0. The minimum absolute atomic E-state index is 0.810. The van der Waals surface area contributed by atoms with E-state index in [4.69, 9.17) is 4.74 Å². The predicted molar refractivity (Wildman–Crippen MR) is 76.6 cm³/mol. The van der Waals surface area contributed by atoms with Crippen molar-refractivity contribution in [1.29, 1.82) is 0 Å². The van der Waals surface area contributed by atoms with Gasteiger partial charge < -0.3 is 10.1 Å². The van der Waals surface area contributed by atoms with Crippen LogP contribution >= 0.6 is 0 Å². The average Bonchev–Trinajstić information content (AvgIpc) is 2.44. The molecule has 0 aliphatic rings. The van der Waals surface area contributed by atoms with E-state index in [2.05, 4.69) is 10.3 Å². The Morgan fingerprint density at radius 1 is 1.06 bits per heavy atom. The lowest BCUT2D eigenvalue weighted by molar-refractivity contribution is 0.417. The molecule has 1 aromatic carbocycles. The van der Waals surface area contributed by atoms with Gasteiger partial charge in [-0.3, -0.25) is 0 Å². The van der Waals surface area contributed by atoms with Crippen LogP contribution in [0.2, 0.25) is 0 Å². The van der Waals surface area contributed by atoms with Crippen LogP contribution in [0.4, 0.5) is 11.5 Å². The van der Waals surface area contributed by atoms with E-state index in [9.17, 15) is 0 Å². The van der Waals surface area contributed by atoms with Crippen LogP contribution in [-0.2, 0) is 0 Å². The molecule has 96 valence electrons. The summed E-state index contributed by atoms with van der Waals surface area (Å²) in [5.41, 5.74) is 2.06. The predicted octanol–water partition coefficient (Wildman–Crippen LogP) is 4.17. The highest BCUT2D eigenvalue weighted by molar-refractivity contribution is 5.63. The summed E-state index contributed by atoms with van der Waals surface area (Å²) in [6, 6.07) is 11.7. The fourth-order valence-corrected chi connectivity index (χ4v) is 1.43. The van der Waals surface area contributed by atoms with Crippen LogP contribution in [0.5, 0.6) is 5.75 Å². The van der Waals surface area contributed by atoms with Crippen molar-refractivity contribution in [2.75, 3.05) is 12.4 Å². The topological polar surface area (TPSA) is 34.1 Å². The fourth-order valence-electron chi connectivity index (χ4n) is 1.43. The van der Waals surface area contributed by atoms with Crippen molar-refractivity contribution in [2.24, 2.45) is 0 Å². The number of ether oxygens (including phenoxy) is 1. The van der Waals surface area contributed by atoms with Gasteiger partial charge in [0.1, 0.15) is 11.6 Å². The Morgan fingerprint density at radius 3 is 2.39 bits per heavy atom. The Balaban J connectivity index is 0.000000771. The van der Waals surface area contributed by atoms with Crippen LogP contribution in [-0.4, -0.2) is 12.1 Å². The zero-order valence-corrected chi connectivity index (χ0v) is 11.4. The van der Waals surface area contributed by atoms with Crippen molar-refractivity contribution in [3.05, 3.63) is 48.2 Å². The van der Waals surface area contributed by atoms with E-state index >= 15 is 0 Å². The molecular formula is C15H20N2O. The quantitative estimate of drug-likeness (QED) is 0.880. The Morgan fingerprint density at radius 2 is 1.78 bits per heavy atom. The molecule has 1 heterocycles. The number of aryl methyl sites for hydroxylation is 1. The Hall–Kier alpha value is -2.03. The molecule has 2 rings (SSSR count). The molecule has 0 fully saturated rings. The summed E-state index contributed by atoms with van der Waals surface area (Å²) in [6.07, 6.45) is 1.83. The number of pyridine rings is 1. The average molecular weight is 244 g/mol. The van der Waals surface area contributed by atoms with E-state index < -0.39 is 0 Å². The summed E-state index contributed by atoms with van der Waals surface area (Å²) in [6.45, 7) is 6.01. The van der Waals surface area contributed by atoms with E-state index in [1.165, 1.54) is 0 Å². The van der Waals surface area contributed by atoms with Crippen molar-refractivity contribution in [3.63, 3.8) is 0 Å². The molecule has 18 heavy (non-hydrogen) atoms. The lowest BCUT2D eigenvalue weighted by atomic mass is 10.3. The van der Waals surface area contributed by atoms with Crippen molar-refractivity contribution in [3.8, 4) is 5.75 Å². The molecule has 0 spiro atoms. The number of rotatable bonds is 3. The van der Waals surface area contributed by atoms with E-state index in [-0.39, 0.29) is 0 Å². The lowest BCUT2D eigenvalue weighted by Crippen LogP contribution is -1.96. The lowest BCUT2D eigenvalue weighted by Gasteiger charge is -2.09. The highest BCUT2D eigenvalue weighted by Gasteiger charge is 2.01. The largest absolute Gasteiger partial charge is 0.495 e. The van der Waals surface area contributed by atoms with Crippen LogP contribution in [0.3, 0.4) is 0 Å². The van der Waals surface area contributed by atoms with E-state index in [0.717, 1.165) is 22.8 Å². The first-order chi connectivity index (χ1) is 8.79. The molecule has 1 N–H and O–H groups in total. The Kier molecular flexibility index (Phi) is 5.71. The van der Waals surface area contributed by atoms with Gasteiger partial charge in [-0.15, -0.1) is 0 Å². The van der Waals surface area contributed by atoms with Gasteiger partial charge in [-0.25, -0.2) is 4.98 Å². The molecule has 3 nitrogen and oxygen atoms in total. The first kappa shape index (κ1) is 14.0. The maximum Gasteiger partial charge on any atom is 0.142 e.